The number of halogens is 3. The van der Waals surface area contributed by atoms with Gasteiger partial charge in [0.1, 0.15) is 11.3 Å². The smallest absolute Gasteiger partial charge is 0.406 e. The fourth-order valence-corrected chi connectivity index (χ4v) is 4.41. The summed E-state index contributed by atoms with van der Waals surface area (Å²) in [6, 6.07) is 2.54. The quantitative estimate of drug-likeness (QED) is 0.823. The number of ether oxygens (including phenoxy) is 1. The van der Waals surface area contributed by atoms with E-state index in [0.29, 0.717) is 0 Å². The lowest BCUT2D eigenvalue weighted by Crippen LogP contribution is -2.38. The number of carbonyl (C=O) groups excluding carboxylic acids is 1. The second-order valence-corrected chi connectivity index (χ2v) is 8.09. The van der Waals surface area contributed by atoms with E-state index in [1.54, 1.807) is 0 Å². The molecule has 0 radical (unpaired) electrons. The number of H-pyrrole nitrogens is 1. The monoisotopic (exact) mass is 390 g/mol. The zero-order valence-corrected chi connectivity index (χ0v) is 13.9. The Morgan fingerprint density at radius 1 is 1.31 bits per heavy atom. The first kappa shape index (κ1) is 18.2. The minimum absolute atomic E-state index is 0.0514. The maximum atomic E-state index is 12.5. The van der Waals surface area contributed by atoms with Gasteiger partial charge in [0.15, 0.2) is 9.84 Å². The van der Waals surface area contributed by atoms with Crippen molar-refractivity contribution in [3.8, 4) is 5.75 Å². The van der Waals surface area contributed by atoms with Gasteiger partial charge < -0.3 is 15.0 Å². The van der Waals surface area contributed by atoms with E-state index in [-0.39, 0.29) is 34.4 Å². The highest BCUT2D eigenvalue weighted by Crippen LogP contribution is 2.24. The van der Waals surface area contributed by atoms with Crippen molar-refractivity contribution in [3.05, 3.63) is 40.2 Å². The van der Waals surface area contributed by atoms with Gasteiger partial charge in [0, 0.05) is 23.1 Å². The number of rotatable bonds is 3. The Bertz CT molecular complexity index is 1030. The van der Waals surface area contributed by atoms with Gasteiger partial charge in [-0.25, -0.2) is 8.42 Å². The van der Waals surface area contributed by atoms with Crippen LogP contribution in [0.3, 0.4) is 0 Å². The molecular weight excluding hydrogens is 377 g/mol. The van der Waals surface area contributed by atoms with Gasteiger partial charge >= 0.3 is 6.36 Å². The second kappa shape index (κ2) is 6.31. The molecule has 0 aliphatic carbocycles. The van der Waals surface area contributed by atoms with Gasteiger partial charge in [0.05, 0.1) is 11.5 Å². The number of hydrogen-bond donors (Lipinski definition) is 2. The largest absolute Gasteiger partial charge is 0.573 e. The summed E-state index contributed by atoms with van der Waals surface area (Å²) >= 11 is 0. The van der Waals surface area contributed by atoms with Crippen LogP contribution in [-0.4, -0.2) is 43.2 Å². The van der Waals surface area contributed by atoms with Gasteiger partial charge in [-0.05, 0) is 24.6 Å². The number of benzene rings is 1. The second-order valence-electron chi connectivity index (χ2n) is 5.86. The average molecular weight is 390 g/mol. The van der Waals surface area contributed by atoms with Crippen LogP contribution in [0.5, 0.6) is 5.75 Å². The predicted octanol–water partition coefficient (Wildman–Crippen LogP) is 1.34. The minimum atomic E-state index is -4.91. The van der Waals surface area contributed by atoms with Crippen molar-refractivity contribution in [2.75, 3.05) is 11.5 Å². The van der Waals surface area contributed by atoms with Gasteiger partial charge in [-0.3, -0.25) is 9.59 Å². The third kappa shape index (κ3) is 3.98. The first-order valence-corrected chi connectivity index (χ1v) is 9.29. The van der Waals surface area contributed by atoms with Gasteiger partial charge in [0.2, 0.25) is 5.43 Å². The third-order valence-corrected chi connectivity index (χ3v) is 5.67. The summed E-state index contributed by atoms with van der Waals surface area (Å²) in [5.74, 6) is -1.65. The van der Waals surface area contributed by atoms with Crippen molar-refractivity contribution in [2.24, 2.45) is 0 Å². The van der Waals surface area contributed by atoms with Gasteiger partial charge in [0.25, 0.3) is 5.91 Å². The Kier molecular flexibility index (Phi) is 4.42. The molecule has 0 spiro atoms. The van der Waals surface area contributed by atoms with E-state index in [1.165, 1.54) is 6.07 Å². The molecule has 26 heavy (non-hydrogen) atoms. The van der Waals surface area contributed by atoms with Crippen LogP contribution in [0, 0.1) is 0 Å². The molecule has 1 atom stereocenters. The molecule has 1 aromatic carbocycles. The van der Waals surface area contributed by atoms with E-state index >= 15 is 0 Å². The van der Waals surface area contributed by atoms with E-state index in [9.17, 15) is 31.2 Å². The van der Waals surface area contributed by atoms with E-state index in [0.717, 1.165) is 18.3 Å². The molecule has 1 saturated heterocycles. The van der Waals surface area contributed by atoms with Gasteiger partial charge in [-0.15, -0.1) is 13.2 Å². The van der Waals surface area contributed by atoms with Crippen LogP contribution in [0.25, 0.3) is 10.9 Å². The first-order valence-electron chi connectivity index (χ1n) is 7.46. The summed E-state index contributed by atoms with van der Waals surface area (Å²) in [6.07, 6.45) is -3.54. The number of fused-ring (bicyclic) bond motifs is 1. The molecule has 2 aromatic rings. The van der Waals surface area contributed by atoms with E-state index in [2.05, 4.69) is 15.0 Å². The number of amides is 1. The molecule has 140 valence electrons. The lowest BCUT2D eigenvalue weighted by molar-refractivity contribution is -0.274. The fraction of sp³-hybridized carbons (Fsp3) is 0.333. The van der Waals surface area contributed by atoms with Crippen molar-refractivity contribution in [1.82, 2.24) is 10.3 Å². The molecular formula is C15H13F3N2O5S. The molecule has 0 saturated carbocycles. The molecule has 1 fully saturated rings. The lowest BCUT2D eigenvalue weighted by Gasteiger charge is -2.12. The van der Waals surface area contributed by atoms with Crippen LogP contribution in [0.15, 0.2) is 29.2 Å². The highest BCUT2D eigenvalue weighted by molar-refractivity contribution is 7.91. The lowest BCUT2D eigenvalue weighted by atomic mass is 10.1. The predicted molar refractivity (Wildman–Crippen MR) is 85.8 cm³/mol. The maximum Gasteiger partial charge on any atom is 0.573 e. The van der Waals surface area contributed by atoms with Crippen LogP contribution >= 0.6 is 0 Å². The topological polar surface area (TPSA) is 105 Å². The zero-order valence-electron chi connectivity index (χ0n) is 13.1. The van der Waals surface area contributed by atoms with Crippen molar-refractivity contribution in [2.45, 2.75) is 18.8 Å². The van der Waals surface area contributed by atoms with E-state index in [4.69, 9.17) is 0 Å². The zero-order chi connectivity index (χ0) is 19.1. The standard InChI is InChI=1S/C15H13F3N2O5S/c16-15(17,18)25-9-1-2-12-10(5-9)13(21)11(6-19-12)14(22)20-8-3-4-26(23,24)7-8/h1-2,5-6,8H,3-4,7H2,(H,19,21)(H,20,22)/t8-/m1/s1. The highest BCUT2D eigenvalue weighted by atomic mass is 32.2. The first-order chi connectivity index (χ1) is 12.0. The number of hydrogen-bond acceptors (Lipinski definition) is 5. The number of nitrogens with one attached hydrogen (secondary N) is 2. The van der Waals surface area contributed by atoms with Crippen molar-refractivity contribution >= 4 is 26.6 Å². The van der Waals surface area contributed by atoms with Crippen LogP contribution < -0.4 is 15.5 Å². The normalized spacial score (nSPS) is 19.4. The number of pyridine rings is 1. The number of aromatic nitrogens is 1. The number of aromatic amines is 1. The Morgan fingerprint density at radius 2 is 2.04 bits per heavy atom. The number of alkyl halides is 3. The summed E-state index contributed by atoms with van der Waals surface area (Å²) in [7, 11) is -3.21. The van der Waals surface area contributed by atoms with E-state index in [1.807, 2.05) is 0 Å². The third-order valence-electron chi connectivity index (χ3n) is 3.90. The molecule has 1 amide bonds. The molecule has 1 aliphatic rings. The Morgan fingerprint density at radius 3 is 2.65 bits per heavy atom. The van der Waals surface area contributed by atoms with Crippen molar-refractivity contribution < 1.29 is 31.1 Å². The fourth-order valence-electron chi connectivity index (χ4n) is 2.74. The summed E-state index contributed by atoms with van der Waals surface area (Å²) in [5, 5.41) is 2.31. The summed E-state index contributed by atoms with van der Waals surface area (Å²) < 4.78 is 63.6. The minimum Gasteiger partial charge on any atom is -0.406 e. The Balaban J connectivity index is 1.90. The SMILES string of the molecule is O=C(N[C@@H]1CCS(=O)(=O)C1)c1c[nH]c2ccc(OC(F)(F)F)cc2c1=O. The van der Waals surface area contributed by atoms with E-state index < -0.39 is 39.3 Å². The molecule has 11 heteroatoms. The van der Waals surface area contributed by atoms with Crippen molar-refractivity contribution in [1.29, 1.82) is 0 Å². The van der Waals surface area contributed by atoms with Gasteiger partial charge in [-0.2, -0.15) is 0 Å². The summed E-state index contributed by atoms with van der Waals surface area (Å²) in [5.41, 5.74) is -0.889. The molecule has 3 rings (SSSR count). The van der Waals surface area contributed by atoms with Crippen LogP contribution in [-0.2, 0) is 9.84 Å². The number of carbonyl (C=O) groups is 1. The Labute approximate surface area is 145 Å². The van der Waals surface area contributed by atoms with Crippen LogP contribution in [0.2, 0.25) is 0 Å². The maximum absolute atomic E-state index is 12.5. The molecule has 0 bridgehead atoms. The number of sulfone groups is 1. The van der Waals surface area contributed by atoms with Gasteiger partial charge in [-0.1, -0.05) is 0 Å². The summed E-state index contributed by atoms with van der Waals surface area (Å²) in [4.78, 5) is 27.4. The molecule has 1 aromatic heterocycles. The Hall–Kier alpha value is -2.56. The van der Waals surface area contributed by atoms with Crippen molar-refractivity contribution in [3.63, 3.8) is 0 Å². The molecule has 7 nitrogen and oxygen atoms in total. The van der Waals surface area contributed by atoms with Crippen LogP contribution in [0.1, 0.15) is 16.8 Å². The molecule has 2 heterocycles. The molecule has 0 unspecified atom stereocenters. The molecule has 1 aliphatic heterocycles. The highest BCUT2D eigenvalue weighted by Gasteiger charge is 2.32. The summed E-state index contributed by atoms with van der Waals surface area (Å²) in [6.45, 7) is 0. The molecule has 2 N–H and O–H groups in total. The average Bonchev–Trinajstić information content (AvgIpc) is 2.85. The van der Waals surface area contributed by atoms with Crippen LogP contribution in [0.4, 0.5) is 13.2 Å².